The summed E-state index contributed by atoms with van der Waals surface area (Å²) in [5.41, 5.74) is 3.36. The van der Waals surface area contributed by atoms with E-state index in [1.807, 2.05) is 7.05 Å². The molecule has 0 radical (unpaired) electrons. The largest absolute Gasteiger partial charge is 0.493 e. The molecule has 0 aliphatic carbocycles. The molecule has 6 nitrogen and oxygen atoms in total. The number of aryl methyl sites for hydroxylation is 1. The maximum Gasteiger partial charge on any atom is 0.161 e. The number of methoxy groups -OCH3 is 2. The Labute approximate surface area is 108 Å². The number of nitrogens with zero attached hydrogens (tertiary/aromatic N) is 2. The smallest absolute Gasteiger partial charge is 0.161 e. The SMILES string of the molecule is CCC(CC)(OC)C(NN)c1c(OC)cnn1C. The van der Waals surface area contributed by atoms with Crippen molar-refractivity contribution in [2.75, 3.05) is 14.2 Å². The number of aromatic nitrogens is 2. The highest BCUT2D eigenvalue weighted by molar-refractivity contribution is 5.30. The zero-order valence-corrected chi connectivity index (χ0v) is 11.9. The summed E-state index contributed by atoms with van der Waals surface area (Å²) >= 11 is 0. The number of nitrogens with two attached hydrogens (primary N) is 1. The molecule has 6 heteroatoms. The quantitative estimate of drug-likeness (QED) is 0.565. The van der Waals surface area contributed by atoms with Crippen molar-refractivity contribution in [1.82, 2.24) is 15.2 Å². The average molecular weight is 256 g/mol. The van der Waals surface area contributed by atoms with E-state index in [4.69, 9.17) is 15.3 Å². The number of hydrogen-bond acceptors (Lipinski definition) is 5. The third-order valence-corrected chi connectivity index (χ3v) is 3.74. The molecule has 0 saturated carbocycles. The number of rotatable bonds is 7. The van der Waals surface area contributed by atoms with Gasteiger partial charge in [0.05, 0.1) is 24.9 Å². The second-order valence-electron chi connectivity index (χ2n) is 4.30. The van der Waals surface area contributed by atoms with Crippen LogP contribution in [0.15, 0.2) is 6.20 Å². The van der Waals surface area contributed by atoms with E-state index < -0.39 is 0 Å². The summed E-state index contributed by atoms with van der Waals surface area (Å²) < 4.78 is 12.8. The Morgan fingerprint density at radius 2 is 2.06 bits per heavy atom. The van der Waals surface area contributed by atoms with Gasteiger partial charge in [-0.3, -0.25) is 10.5 Å². The number of hydrogen-bond donors (Lipinski definition) is 2. The average Bonchev–Trinajstić information content (AvgIpc) is 2.77. The van der Waals surface area contributed by atoms with Crippen LogP contribution in [0.2, 0.25) is 0 Å². The van der Waals surface area contributed by atoms with Gasteiger partial charge in [0.1, 0.15) is 5.69 Å². The predicted octanol–water partition coefficient (Wildman–Crippen LogP) is 1.14. The second kappa shape index (κ2) is 6.17. The van der Waals surface area contributed by atoms with Crippen LogP contribution in [0.4, 0.5) is 0 Å². The molecule has 1 aromatic rings. The van der Waals surface area contributed by atoms with Crippen molar-refractivity contribution in [3.05, 3.63) is 11.9 Å². The fourth-order valence-electron chi connectivity index (χ4n) is 2.46. The van der Waals surface area contributed by atoms with Gasteiger partial charge in [-0.2, -0.15) is 5.10 Å². The maximum atomic E-state index is 5.74. The predicted molar refractivity (Wildman–Crippen MR) is 70.1 cm³/mol. The lowest BCUT2D eigenvalue weighted by Crippen LogP contribution is -2.48. The summed E-state index contributed by atoms with van der Waals surface area (Å²) in [4.78, 5) is 0. The van der Waals surface area contributed by atoms with Crippen molar-refractivity contribution < 1.29 is 9.47 Å². The van der Waals surface area contributed by atoms with E-state index in [1.54, 1.807) is 25.1 Å². The van der Waals surface area contributed by atoms with Crippen LogP contribution in [-0.2, 0) is 11.8 Å². The summed E-state index contributed by atoms with van der Waals surface area (Å²) in [5.74, 6) is 6.45. The molecule has 0 amide bonds. The molecule has 0 aliphatic rings. The zero-order chi connectivity index (χ0) is 13.8. The first kappa shape index (κ1) is 14.9. The van der Waals surface area contributed by atoms with Crippen molar-refractivity contribution in [3.63, 3.8) is 0 Å². The molecule has 0 aromatic carbocycles. The van der Waals surface area contributed by atoms with Gasteiger partial charge in [0.25, 0.3) is 0 Å². The summed E-state index contributed by atoms with van der Waals surface area (Å²) in [6.45, 7) is 4.17. The zero-order valence-electron chi connectivity index (χ0n) is 11.9. The number of nitrogens with one attached hydrogen (secondary N) is 1. The highest BCUT2D eigenvalue weighted by Crippen LogP contribution is 2.37. The topological polar surface area (TPSA) is 74.3 Å². The van der Waals surface area contributed by atoms with Crippen molar-refractivity contribution in [2.24, 2.45) is 12.9 Å². The summed E-state index contributed by atoms with van der Waals surface area (Å²) in [6, 6.07) is -0.181. The van der Waals surface area contributed by atoms with E-state index in [9.17, 15) is 0 Å². The van der Waals surface area contributed by atoms with E-state index >= 15 is 0 Å². The molecule has 18 heavy (non-hydrogen) atoms. The van der Waals surface area contributed by atoms with Crippen LogP contribution < -0.4 is 16.0 Å². The summed E-state index contributed by atoms with van der Waals surface area (Å²) in [6.07, 6.45) is 3.36. The second-order valence-corrected chi connectivity index (χ2v) is 4.30. The number of ether oxygens (including phenoxy) is 2. The standard InChI is InChI=1S/C12H24N4O2/c1-6-12(7-2,18-5)11(15-13)10-9(17-4)8-14-16(10)3/h8,11,15H,6-7,13H2,1-5H3. The molecule has 0 aliphatic heterocycles. The van der Waals surface area contributed by atoms with Crippen LogP contribution in [-0.4, -0.2) is 29.6 Å². The lowest BCUT2D eigenvalue weighted by molar-refractivity contribution is -0.0510. The van der Waals surface area contributed by atoms with E-state index in [0.29, 0.717) is 5.75 Å². The van der Waals surface area contributed by atoms with Crippen LogP contribution in [0.25, 0.3) is 0 Å². The molecular weight excluding hydrogens is 232 g/mol. The minimum Gasteiger partial charge on any atom is -0.493 e. The molecule has 0 bridgehead atoms. The monoisotopic (exact) mass is 256 g/mol. The third-order valence-electron chi connectivity index (χ3n) is 3.74. The van der Waals surface area contributed by atoms with E-state index in [2.05, 4.69) is 24.4 Å². The molecule has 1 rings (SSSR count). The molecule has 1 atom stereocenters. The molecule has 0 spiro atoms. The fraction of sp³-hybridized carbons (Fsp3) is 0.750. The molecule has 1 unspecified atom stereocenters. The Morgan fingerprint density at radius 1 is 1.44 bits per heavy atom. The van der Waals surface area contributed by atoms with E-state index in [-0.39, 0.29) is 11.6 Å². The molecule has 0 fully saturated rings. The van der Waals surface area contributed by atoms with Crippen molar-refractivity contribution in [3.8, 4) is 5.75 Å². The minimum absolute atomic E-state index is 0.181. The van der Waals surface area contributed by atoms with Gasteiger partial charge in [-0.25, -0.2) is 5.43 Å². The third kappa shape index (κ3) is 2.36. The molecule has 1 aromatic heterocycles. The van der Waals surface area contributed by atoms with Crippen LogP contribution in [0.5, 0.6) is 5.75 Å². The molecule has 104 valence electrons. The Kier molecular flexibility index (Phi) is 5.13. The van der Waals surface area contributed by atoms with Crippen molar-refractivity contribution in [2.45, 2.75) is 38.3 Å². The Hall–Kier alpha value is -1.11. The lowest BCUT2D eigenvalue weighted by atomic mass is 9.86. The van der Waals surface area contributed by atoms with Gasteiger partial charge in [0.15, 0.2) is 5.75 Å². The molecule has 3 N–H and O–H groups in total. The van der Waals surface area contributed by atoms with Gasteiger partial charge in [0, 0.05) is 14.2 Å². The highest BCUT2D eigenvalue weighted by Gasteiger charge is 2.39. The van der Waals surface area contributed by atoms with Gasteiger partial charge >= 0.3 is 0 Å². The molecule has 1 heterocycles. The Bertz CT molecular complexity index is 366. The Balaban J connectivity index is 3.27. The number of hydrazine groups is 1. The first-order valence-electron chi connectivity index (χ1n) is 6.17. The first-order valence-corrected chi connectivity index (χ1v) is 6.17. The van der Waals surface area contributed by atoms with Gasteiger partial charge in [0.2, 0.25) is 0 Å². The van der Waals surface area contributed by atoms with Gasteiger partial charge in [-0.1, -0.05) is 13.8 Å². The van der Waals surface area contributed by atoms with Crippen LogP contribution in [0.1, 0.15) is 38.4 Å². The summed E-state index contributed by atoms with van der Waals surface area (Å²) in [7, 11) is 5.20. The van der Waals surface area contributed by atoms with Crippen LogP contribution in [0.3, 0.4) is 0 Å². The fourth-order valence-corrected chi connectivity index (χ4v) is 2.46. The lowest BCUT2D eigenvalue weighted by Gasteiger charge is -2.38. The maximum absolute atomic E-state index is 5.74. The first-order chi connectivity index (χ1) is 8.60. The highest BCUT2D eigenvalue weighted by atomic mass is 16.5. The van der Waals surface area contributed by atoms with Crippen molar-refractivity contribution in [1.29, 1.82) is 0 Å². The van der Waals surface area contributed by atoms with Gasteiger partial charge in [-0.05, 0) is 12.8 Å². The normalized spacial score (nSPS) is 13.7. The summed E-state index contributed by atoms with van der Waals surface area (Å²) in [5, 5.41) is 4.21. The van der Waals surface area contributed by atoms with Gasteiger partial charge in [-0.15, -0.1) is 0 Å². The van der Waals surface area contributed by atoms with Gasteiger partial charge < -0.3 is 9.47 Å². The molecule has 0 saturated heterocycles. The van der Waals surface area contributed by atoms with Crippen molar-refractivity contribution >= 4 is 0 Å². The van der Waals surface area contributed by atoms with Crippen LogP contribution in [0, 0.1) is 0 Å². The minimum atomic E-state index is -0.379. The van der Waals surface area contributed by atoms with Crippen LogP contribution >= 0.6 is 0 Å². The van der Waals surface area contributed by atoms with E-state index in [1.165, 1.54) is 0 Å². The Morgan fingerprint density at radius 3 is 2.44 bits per heavy atom. The van der Waals surface area contributed by atoms with E-state index in [0.717, 1.165) is 18.5 Å². The molecular formula is C12H24N4O2.